The molecule has 1 unspecified atom stereocenters. The van der Waals surface area contributed by atoms with E-state index in [9.17, 15) is 9.59 Å². The van der Waals surface area contributed by atoms with Crippen LogP contribution in [0, 0.1) is 0 Å². The Morgan fingerprint density at radius 3 is 2.39 bits per heavy atom. The van der Waals surface area contributed by atoms with Gasteiger partial charge in [-0.3, -0.25) is 4.79 Å². The van der Waals surface area contributed by atoms with Crippen LogP contribution < -0.4 is 4.74 Å². The van der Waals surface area contributed by atoms with Gasteiger partial charge in [0.05, 0.1) is 20.0 Å². The van der Waals surface area contributed by atoms with Gasteiger partial charge in [-0.15, -0.1) is 0 Å². The van der Waals surface area contributed by atoms with E-state index >= 15 is 0 Å². The molecule has 0 amide bonds. The van der Waals surface area contributed by atoms with Gasteiger partial charge in [0, 0.05) is 0 Å². The Morgan fingerprint density at radius 1 is 1.17 bits per heavy atom. The van der Waals surface area contributed by atoms with Crippen molar-refractivity contribution in [2.24, 2.45) is 0 Å². The van der Waals surface area contributed by atoms with Crippen LogP contribution in [-0.2, 0) is 19.1 Å². The van der Waals surface area contributed by atoms with Gasteiger partial charge in [-0.25, -0.2) is 4.79 Å². The molecule has 0 aliphatic heterocycles. The highest BCUT2D eigenvalue weighted by molar-refractivity contribution is 8.01. The SMILES string of the molecule is COC(=O)CSC(Oc1ccccc1)C(=O)OC. The molecule has 0 saturated heterocycles. The number of rotatable bonds is 6. The molecule has 0 N–H and O–H groups in total. The van der Waals surface area contributed by atoms with Crippen molar-refractivity contribution < 1.29 is 23.8 Å². The number of carbonyl (C=O) groups excluding carboxylic acids is 2. The molecule has 1 atom stereocenters. The molecule has 18 heavy (non-hydrogen) atoms. The quantitative estimate of drug-likeness (QED) is 0.576. The van der Waals surface area contributed by atoms with Crippen LogP contribution in [0.5, 0.6) is 5.75 Å². The molecule has 0 aromatic heterocycles. The monoisotopic (exact) mass is 270 g/mol. The number of benzene rings is 1. The second kappa shape index (κ2) is 7.60. The summed E-state index contributed by atoms with van der Waals surface area (Å²) in [5.74, 6) is -0.424. The Morgan fingerprint density at radius 2 is 1.83 bits per heavy atom. The Bertz CT molecular complexity index is 393. The van der Waals surface area contributed by atoms with Crippen molar-refractivity contribution in [3.05, 3.63) is 30.3 Å². The topological polar surface area (TPSA) is 61.8 Å². The summed E-state index contributed by atoms with van der Waals surface area (Å²) in [4.78, 5) is 22.5. The average Bonchev–Trinajstić information content (AvgIpc) is 2.43. The largest absolute Gasteiger partial charge is 0.468 e. The van der Waals surface area contributed by atoms with E-state index < -0.39 is 17.4 Å². The first-order chi connectivity index (χ1) is 8.67. The molecule has 0 radical (unpaired) electrons. The molecule has 6 heteroatoms. The van der Waals surface area contributed by atoms with Crippen molar-refractivity contribution in [3.63, 3.8) is 0 Å². The lowest BCUT2D eigenvalue weighted by molar-refractivity contribution is -0.144. The van der Waals surface area contributed by atoms with Crippen LogP contribution in [0.4, 0.5) is 0 Å². The Kier molecular flexibility index (Phi) is 6.07. The number of thioether (sulfide) groups is 1. The third kappa shape index (κ3) is 4.67. The number of para-hydroxylation sites is 1. The zero-order valence-electron chi connectivity index (χ0n) is 10.1. The summed E-state index contributed by atoms with van der Waals surface area (Å²) in [7, 11) is 2.55. The highest BCUT2D eigenvalue weighted by Crippen LogP contribution is 2.19. The fourth-order valence-electron chi connectivity index (χ4n) is 1.07. The maximum atomic E-state index is 11.5. The van der Waals surface area contributed by atoms with Gasteiger partial charge in [0.15, 0.2) is 0 Å². The molecule has 0 aliphatic rings. The van der Waals surface area contributed by atoms with Gasteiger partial charge in [0.25, 0.3) is 0 Å². The average molecular weight is 270 g/mol. The predicted molar refractivity (Wildman–Crippen MR) is 67.3 cm³/mol. The van der Waals surface area contributed by atoms with E-state index in [1.54, 1.807) is 24.3 Å². The number of hydrogen-bond donors (Lipinski definition) is 0. The standard InChI is InChI=1S/C12H14O5S/c1-15-10(13)8-18-12(11(14)16-2)17-9-6-4-3-5-7-9/h3-7,12H,8H2,1-2H3. The summed E-state index contributed by atoms with van der Waals surface area (Å²) in [6.45, 7) is 0. The summed E-state index contributed by atoms with van der Waals surface area (Å²) >= 11 is 1.01. The smallest absolute Gasteiger partial charge is 0.357 e. The molecule has 1 aromatic rings. The zero-order chi connectivity index (χ0) is 13.4. The van der Waals surface area contributed by atoms with Crippen LogP contribution in [0.25, 0.3) is 0 Å². The molecule has 0 heterocycles. The molecule has 0 fully saturated rings. The van der Waals surface area contributed by atoms with Crippen molar-refractivity contribution in [3.8, 4) is 5.75 Å². The van der Waals surface area contributed by atoms with Crippen molar-refractivity contribution in [1.82, 2.24) is 0 Å². The first kappa shape index (κ1) is 14.4. The third-order valence-corrected chi connectivity index (χ3v) is 2.95. The second-order valence-corrected chi connectivity index (χ2v) is 4.22. The van der Waals surface area contributed by atoms with Gasteiger partial charge in [0.1, 0.15) is 5.75 Å². The number of ether oxygens (including phenoxy) is 3. The number of carbonyl (C=O) groups is 2. The number of esters is 2. The minimum Gasteiger partial charge on any atom is -0.468 e. The van der Waals surface area contributed by atoms with Crippen LogP contribution in [0.1, 0.15) is 0 Å². The van der Waals surface area contributed by atoms with Gasteiger partial charge in [-0.1, -0.05) is 30.0 Å². The lowest BCUT2D eigenvalue weighted by Crippen LogP contribution is -2.26. The van der Waals surface area contributed by atoms with Crippen LogP contribution in [0.2, 0.25) is 0 Å². The van der Waals surface area contributed by atoms with Crippen molar-refractivity contribution >= 4 is 23.7 Å². The van der Waals surface area contributed by atoms with Gasteiger partial charge in [-0.2, -0.15) is 0 Å². The van der Waals surface area contributed by atoms with E-state index in [1.807, 2.05) is 6.07 Å². The number of hydrogen-bond acceptors (Lipinski definition) is 6. The van der Waals surface area contributed by atoms with E-state index in [-0.39, 0.29) is 5.75 Å². The molecule has 0 bridgehead atoms. The maximum absolute atomic E-state index is 11.5. The molecular formula is C12H14O5S. The lowest BCUT2D eigenvalue weighted by atomic mass is 10.3. The number of methoxy groups -OCH3 is 2. The van der Waals surface area contributed by atoms with Crippen LogP contribution in [0.15, 0.2) is 30.3 Å². The highest BCUT2D eigenvalue weighted by atomic mass is 32.2. The van der Waals surface area contributed by atoms with Crippen LogP contribution in [-0.4, -0.2) is 37.3 Å². The van der Waals surface area contributed by atoms with E-state index in [4.69, 9.17) is 4.74 Å². The first-order valence-corrected chi connectivity index (χ1v) is 6.20. The first-order valence-electron chi connectivity index (χ1n) is 5.15. The minimum absolute atomic E-state index is 0.0170. The van der Waals surface area contributed by atoms with Crippen molar-refractivity contribution in [1.29, 1.82) is 0 Å². The fraction of sp³-hybridized carbons (Fsp3) is 0.333. The summed E-state index contributed by atoms with van der Waals surface area (Å²) in [6.07, 6.45) is 0. The van der Waals surface area contributed by atoms with Gasteiger partial charge in [0.2, 0.25) is 5.44 Å². The summed E-state index contributed by atoms with van der Waals surface area (Å²) in [6, 6.07) is 8.84. The van der Waals surface area contributed by atoms with Gasteiger partial charge in [-0.05, 0) is 12.1 Å². The van der Waals surface area contributed by atoms with E-state index in [0.29, 0.717) is 5.75 Å². The molecule has 0 aliphatic carbocycles. The molecule has 5 nitrogen and oxygen atoms in total. The third-order valence-electron chi connectivity index (χ3n) is 1.96. The molecule has 1 rings (SSSR count). The van der Waals surface area contributed by atoms with E-state index in [2.05, 4.69) is 9.47 Å². The fourth-order valence-corrected chi connectivity index (χ4v) is 1.89. The van der Waals surface area contributed by atoms with Crippen molar-refractivity contribution in [2.75, 3.05) is 20.0 Å². The van der Waals surface area contributed by atoms with E-state index in [1.165, 1.54) is 14.2 Å². The summed E-state index contributed by atoms with van der Waals surface area (Å²) in [5.41, 5.74) is -0.892. The van der Waals surface area contributed by atoms with Crippen molar-refractivity contribution in [2.45, 2.75) is 5.44 Å². The predicted octanol–water partition coefficient (Wildman–Crippen LogP) is 1.47. The summed E-state index contributed by atoms with van der Waals surface area (Å²) in [5, 5.41) is 0. The second-order valence-electron chi connectivity index (χ2n) is 3.17. The Balaban J connectivity index is 2.61. The lowest BCUT2D eigenvalue weighted by Gasteiger charge is -2.15. The molecule has 1 aromatic carbocycles. The highest BCUT2D eigenvalue weighted by Gasteiger charge is 2.23. The van der Waals surface area contributed by atoms with Gasteiger partial charge >= 0.3 is 11.9 Å². The molecular weight excluding hydrogens is 256 g/mol. The molecule has 0 saturated carbocycles. The zero-order valence-corrected chi connectivity index (χ0v) is 10.9. The summed E-state index contributed by atoms with van der Waals surface area (Å²) < 4.78 is 14.6. The molecule has 0 spiro atoms. The van der Waals surface area contributed by atoms with Gasteiger partial charge < -0.3 is 14.2 Å². The Hall–Kier alpha value is -1.69. The van der Waals surface area contributed by atoms with Crippen LogP contribution >= 0.6 is 11.8 Å². The maximum Gasteiger partial charge on any atom is 0.357 e. The minimum atomic E-state index is -0.892. The Labute approximate surface area is 109 Å². The normalized spacial score (nSPS) is 11.4. The van der Waals surface area contributed by atoms with E-state index in [0.717, 1.165) is 11.8 Å². The molecule has 98 valence electrons. The van der Waals surface area contributed by atoms with Crippen LogP contribution in [0.3, 0.4) is 0 Å².